The Balaban J connectivity index is 2.62. The number of hydrogen-bond donors (Lipinski definition) is 3. The summed E-state index contributed by atoms with van der Waals surface area (Å²) in [6.45, 7) is 2.08. The zero-order valence-corrected chi connectivity index (χ0v) is 13.1. The van der Waals surface area contributed by atoms with Gasteiger partial charge < -0.3 is 20.5 Å². The zero-order chi connectivity index (χ0) is 16.4. The minimum atomic E-state index is -1.78. The Labute approximate surface area is 130 Å². The highest BCUT2D eigenvalue weighted by molar-refractivity contribution is 5.95. The molecule has 0 aromatic heterocycles. The Hall–Kier alpha value is -1.92. The minimum absolute atomic E-state index is 0.194. The van der Waals surface area contributed by atoms with Crippen LogP contribution in [0, 0.1) is 0 Å². The van der Waals surface area contributed by atoms with Gasteiger partial charge in [0.05, 0.1) is 13.2 Å². The van der Waals surface area contributed by atoms with Gasteiger partial charge in [-0.05, 0) is 18.6 Å². The van der Waals surface area contributed by atoms with Crippen LogP contribution in [0.1, 0.15) is 30.1 Å². The molecule has 0 heterocycles. The number of amides is 2. The molecule has 0 aliphatic heterocycles. The minimum Gasteiger partial charge on any atom is -0.381 e. The van der Waals surface area contributed by atoms with Crippen molar-refractivity contribution in [1.82, 2.24) is 10.6 Å². The van der Waals surface area contributed by atoms with Crippen LogP contribution >= 0.6 is 0 Å². The zero-order valence-electron chi connectivity index (χ0n) is 13.1. The molecule has 0 aliphatic carbocycles. The molecule has 2 amide bonds. The summed E-state index contributed by atoms with van der Waals surface area (Å²) in [5.74, 6) is -0.896. The molecule has 0 radical (unpaired) electrons. The molecule has 122 valence electrons. The standard InChI is InChI=1S/C16H24N2O4/c1-3-4-10-17-15(20)16(21,12-22-2)11-18-14(19)13-8-6-5-7-9-13/h5-9,21H,3-4,10-12H2,1-2H3,(H,17,20)(H,18,19). The Kier molecular flexibility index (Phi) is 7.56. The topological polar surface area (TPSA) is 87.7 Å². The van der Waals surface area contributed by atoms with E-state index in [9.17, 15) is 14.7 Å². The molecule has 0 fully saturated rings. The third-order valence-corrected chi connectivity index (χ3v) is 3.20. The molecule has 0 bridgehead atoms. The van der Waals surface area contributed by atoms with E-state index in [-0.39, 0.29) is 19.1 Å². The maximum Gasteiger partial charge on any atom is 0.256 e. The molecule has 1 atom stereocenters. The Morgan fingerprint density at radius 1 is 1.23 bits per heavy atom. The third-order valence-electron chi connectivity index (χ3n) is 3.20. The summed E-state index contributed by atoms with van der Waals surface area (Å²) in [6.07, 6.45) is 1.76. The molecule has 1 aromatic carbocycles. The number of nitrogens with one attached hydrogen (secondary N) is 2. The van der Waals surface area contributed by atoms with Crippen LogP contribution in [0.2, 0.25) is 0 Å². The molecule has 22 heavy (non-hydrogen) atoms. The van der Waals surface area contributed by atoms with E-state index in [4.69, 9.17) is 4.74 Å². The maximum absolute atomic E-state index is 12.1. The highest BCUT2D eigenvalue weighted by Crippen LogP contribution is 2.06. The molecular weight excluding hydrogens is 284 g/mol. The molecule has 0 aliphatic rings. The number of benzene rings is 1. The predicted octanol–water partition coefficient (Wildman–Crippen LogP) is 0.710. The van der Waals surface area contributed by atoms with Crippen molar-refractivity contribution in [3.05, 3.63) is 35.9 Å². The van der Waals surface area contributed by atoms with Gasteiger partial charge in [-0.2, -0.15) is 0 Å². The first kappa shape index (κ1) is 18.1. The number of carbonyl (C=O) groups is 2. The summed E-state index contributed by atoms with van der Waals surface area (Å²) < 4.78 is 4.91. The lowest BCUT2D eigenvalue weighted by molar-refractivity contribution is -0.144. The molecule has 3 N–H and O–H groups in total. The van der Waals surface area contributed by atoms with E-state index in [0.717, 1.165) is 12.8 Å². The molecule has 1 aromatic rings. The van der Waals surface area contributed by atoms with Gasteiger partial charge in [0.2, 0.25) is 0 Å². The van der Waals surface area contributed by atoms with Crippen LogP contribution < -0.4 is 10.6 Å². The first-order chi connectivity index (χ1) is 10.5. The van der Waals surface area contributed by atoms with Gasteiger partial charge in [-0.15, -0.1) is 0 Å². The number of methoxy groups -OCH3 is 1. The van der Waals surface area contributed by atoms with Gasteiger partial charge in [-0.25, -0.2) is 0 Å². The van der Waals surface area contributed by atoms with Gasteiger partial charge in [0.1, 0.15) is 0 Å². The fourth-order valence-electron chi connectivity index (χ4n) is 1.90. The monoisotopic (exact) mass is 308 g/mol. The van der Waals surface area contributed by atoms with Crippen molar-refractivity contribution in [3.8, 4) is 0 Å². The normalized spacial score (nSPS) is 13.2. The number of ether oxygens (including phenoxy) is 1. The van der Waals surface area contributed by atoms with Crippen LogP contribution in [0.3, 0.4) is 0 Å². The average Bonchev–Trinajstić information content (AvgIpc) is 2.54. The third kappa shape index (κ3) is 5.46. The van der Waals surface area contributed by atoms with Crippen molar-refractivity contribution in [1.29, 1.82) is 0 Å². The smallest absolute Gasteiger partial charge is 0.256 e. The van der Waals surface area contributed by atoms with Gasteiger partial charge >= 0.3 is 0 Å². The Bertz CT molecular complexity index is 478. The molecule has 1 unspecified atom stereocenters. The molecule has 0 saturated heterocycles. The lowest BCUT2D eigenvalue weighted by Gasteiger charge is -2.26. The van der Waals surface area contributed by atoms with Crippen molar-refractivity contribution < 1.29 is 19.4 Å². The van der Waals surface area contributed by atoms with Crippen LogP contribution in [0.5, 0.6) is 0 Å². The van der Waals surface area contributed by atoms with E-state index in [1.165, 1.54) is 7.11 Å². The maximum atomic E-state index is 12.1. The van der Waals surface area contributed by atoms with E-state index in [0.29, 0.717) is 12.1 Å². The number of rotatable bonds is 9. The number of hydrogen-bond acceptors (Lipinski definition) is 4. The highest BCUT2D eigenvalue weighted by Gasteiger charge is 2.36. The van der Waals surface area contributed by atoms with E-state index >= 15 is 0 Å². The van der Waals surface area contributed by atoms with E-state index in [2.05, 4.69) is 10.6 Å². The van der Waals surface area contributed by atoms with Gasteiger partial charge in [-0.3, -0.25) is 9.59 Å². The van der Waals surface area contributed by atoms with Crippen molar-refractivity contribution >= 4 is 11.8 Å². The number of carbonyl (C=O) groups excluding carboxylic acids is 2. The van der Waals surface area contributed by atoms with Crippen LogP contribution in [-0.2, 0) is 9.53 Å². The van der Waals surface area contributed by atoms with Crippen molar-refractivity contribution in [2.24, 2.45) is 0 Å². The lowest BCUT2D eigenvalue weighted by atomic mass is 10.0. The van der Waals surface area contributed by atoms with Gasteiger partial charge in [-0.1, -0.05) is 31.5 Å². The van der Waals surface area contributed by atoms with Crippen LogP contribution in [0.4, 0.5) is 0 Å². The van der Waals surface area contributed by atoms with Crippen LogP contribution in [0.15, 0.2) is 30.3 Å². The summed E-state index contributed by atoms with van der Waals surface area (Å²) in [5, 5.41) is 15.6. The lowest BCUT2D eigenvalue weighted by Crippen LogP contribution is -2.57. The first-order valence-corrected chi connectivity index (χ1v) is 7.36. The van der Waals surface area contributed by atoms with Crippen molar-refractivity contribution in [3.63, 3.8) is 0 Å². The second-order valence-corrected chi connectivity index (χ2v) is 5.12. The van der Waals surface area contributed by atoms with Gasteiger partial charge in [0, 0.05) is 19.2 Å². The first-order valence-electron chi connectivity index (χ1n) is 7.36. The molecule has 0 spiro atoms. The quantitative estimate of drug-likeness (QED) is 0.586. The summed E-state index contributed by atoms with van der Waals surface area (Å²) in [5.41, 5.74) is -1.32. The second-order valence-electron chi connectivity index (χ2n) is 5.12. The second kappa shape index (κ2) is 9.17. The Morgan fingerprint density at radius 2 is 1.91 bits per heavy atom. The predicted molar refractivity (Wildman–Crippen MR) is 83.5 cm³/mol. The largest absolute Gasteiger partial charge is 0.381 e. The van der Waals surface area contributed by atoms with Gasteiger partial charge in [0.25, 0.3) is 11.8 Å². The molecule has 0 saturated carbocycles. The van der Waals surface area contributed by atoms with Gasteiger partial charge in [0.15, 0.2) is 5.60 Å². The van der Waals surface area contributed by atoms with Crippen LogP contribution in [-0.4, -0.2) is 49.3 Å². The number of unbranched alkanes of at least 4 members (excludes halogenated alkanes) is 1. The summed E-state index contributed by atoms with van der Waals surface area (Å²) in [4.78, 5) is 24.1. The SMILES string of the molecule is CCCCNC(=O)C(O)(CNC(=O)c1ccccc1)COC. The van der Waals surface area contributed by atoms with E-state index < -0.39 is 11.5 Å². The number of aliphatic hydroxyl groups is 1. The van der Waals surface area contributed by atoms with E-state index in [1.54, 1.807) is 30.3 Å². The molecular formula is C16H24N2O4. The fourth-order valence-corrected chi connectivity index (χ4v) is 1.90. The summed E-state index contributed by atoms with van der Waals surface area (Å²) in [6, 6.07) is 8.61. The van der Waals surface area contributed by atoms with Crippen molar-refractivity contribution in [2.45, 2.75) is 25.4 Å². The highest BCUT2D eigenvalue weighted by atomic mass is 16.5. The molecule has 6 heteroatoms. The Morgan fingerprint density at radius 3 is 2.50 bits per heavy atom. The van der Waals surface area contributed by atoms with E-state index in [1.807, 2.05) is 6.92 Å². The summed E-state index contributed by atoms with van der Waals surface area (Å²) >= 11 is 0. The average molecular weight is 308 g/mol. The fraction of sp³-hybridized carbons (Fsp3) is 0.500. The van der Waals surface area contributed by atoms with Crippen LogP contribution in [0.25, 0.3) is 0 Å². The molecule has 6 nitrogen and oxygen atoms in total. The summed E-state index contributed by atoms with van der Waals surface area (Å²) in [7, 11) is 1.39. The van der Waals surface area contributed by atoms with Crippen molar-refractivity contribution in [2.75, 3.05) is 26.8 Å². The molecule has 1 rings (SSSR count).